The summed E-state index contributed by atoms with van der Waals surface area (Å²) in [5, 5.41) is 3.15. The molecule has 0 bridgehead atoms. The molecular formula is C12H20N2O. The normalized spacial score (nSPS) is 19.6. The lowest BCUT2D eigenvalue weighted by Gasteiger charge is -2.25. The average Bonchev–Trinajstić information content (AvgIpc) is 2.86. The van der Waals surface area contributed by atoms with Gasteiger partial charge >= 0.3 is 0 Å². The molecule has 0 atom stereocenters. The quantitative estimate of drug-likeness (QED) is 0.826. The molecule has 0 aromatic carbocycles. The van der Waals surface area contributed by atoms with Gasteiger partial charge in [0.1, 0.15) is 5.76 Å². The first-order valence-corrected chi connectivity index (χ1v) is 5.90. The molecule has 0 amide bonds. The Labute approximate surface area is 91.3 Å². The largest absolute Gasteiger partial charge is 0.448 e. The zero-order chi connectivity index (χ0) is 10.7. The van der Waals surface area contributed by atoms with Crippen LogP contribution < -0.4 is 5.32 Å². The maximum Gasteiger partial charge on any atom is 0.181 e. The zero-order valence-corrected chi connectivity index (χ0v) is 9.68. The van der Waals surface area contributed by atoms with Crippen molar-refractivity contribution in [3.05, 3.63) is 17.8 Å². The highest BCUT2D eigenvalue weighted by Gasteiger charge is 2.38. The van der Waals surface area contributed by atoms with E-state index in [0.29, 0.717) is 0 Å². The highest BCUT2D eigenvalue weighted by atomic mass is 16.3. The first kappa shape index (κ1) is 10.7. The number of nitrogens with one attached hydrogen (secondary N) is 1. The summed E-state index contributed by atoms with van der Waals surface area (Å²) in [7, 11) is 1.95. The van der Waals surface area contributed by atoms with Crippen molar-refractivity contribution in [1.29, 1.82) is 0 Å². The van der Waals surface area contributed by atoms with E-state index in [1.165, 1.54) is 32.1 Å². The Morgan fingerprint density at radius 1 is 1.47 bits per heavy atom. The van der Waals surface area contributed by atoms with Gasteiger partial charge in [-0.15, -0.1) is 0 Å². The van der Waals surface area contributed by atoms with Gasteiger partial charge < -0.3 is 9.73 Å². The number of oxazole rings is 1. The van der Waals surface area contributed by atoms with Crippen molar-refractivity contribution in [2.75, 3.05) is 7.05 Å². The lowest BCUT2D eigenvalue weighted by atomic mass is 9.80. The van der Waals surface area contributed by atoms with E-state index in [1.54, 1.807) is 6.39 Å². The Morgan fingerprint density at radius 3 is 2.80 bits per heavy atom. The summed E-state index contributed by atoms with van der Waals surface area (Å²) in [5.74, 6) is 1.14. The Balaban J connectivity index is 2.29. The van der Waals surface area contributed by atoms with Crippen molar-refractivity contribution >= 4 is 0 Å². The summed E-state index contributed by atoms with van der Waals surface area (Å²) >= 11 is 0. The Bertz CT molecular complexity index is 313. The van der Waals surface area contributed by atoms with Crippen molar-refractivity contribution in [2.24, 2.45) is 0 Å². The van der Waals surface area contributed by atoms with Crippen molar-refractivity contribution in [3.8, 4) is 0 Å². The topological polar surface area (TPSA) is 38.1 Å². The van der Waals surface area contributed by atoms with Crippen LogP contribution in [0, 0.1) is 0 Å². The van der Waals surface area contributed by atoms with Crippen molar-refractivity contribution in [3.63, 3.8) is 0 Å². The monoisotopic (exact) mass is 208 g/mol. The molecule has 1 heterocycles. The summed E-state index contributed by atoms with van der Waals surface area (Å²) in [6, 6.07) is 0. The number of nitrogens with zero attached hydrogens (tertiary/aromatic N) is 1. The predicted molar refractivity (Wildman–Crippen MR) is 59.7 cm³/mol. The molecule has 0 aliphatic heterocycles. The SMILES string of the molecule is CCC1(c2ocnc2CNC)CCCC1. The second kappa shape index (κ2) is 4.35. The molecule has 3 heteroatoms. The molecule has 1 N–H and O–H groups in total. The van der Waals surface area contributed by atoms with Gasteiger partial charge in [-0.05, 0) is 26.3 Å². The summed E-state index contributed by atoms with van der Waals surface area (Å²) in [5.41, 5.74) is 1.38. The van der Waals surface area contributed by atoms with Crippen LogP contribution in [0.3, 0.4) is 0 Å². The third-order valence-electron chi connectivity index (χ3n) is 3.70. The van der Waals surface area contributed by atoms with Crippen LogP contribution in [0.4, 0.5) is 0 Å². The first-order valence-electron chi connectivity index (χ1n) is 5.90. The number of hydrogen-bond donors (Lipinski definition) is 1. The van der Waals surface area contributed by atoms with Crippen LogP contribution in [0.2, 0.25) is 0 Å². The van der Waals surface area contributed by atoms with Crippen LogP contribution in [-0.4, -0.2) is 12.0 Å². The molecule has 0 saturated heterocycles. The van der Waals surface area contributed by atoms with Gasteiger partial charge in [-0.25, -0.2) is 4.98 Å². The standard InChI is InChI=1S/C12H20N2O/c1-3-12(6-4-5-7-12)11-10(8-13-2)14-9-15-11/h9,13H,3-8H2,1-2H3. The van der Waals surface area contributed by atoms with Crippen LogP contribution in [-0.2, 0) is 12.0 Å². The Hall–Kier alpha value is -0.830. The summed E-state index contributed by atoms with van der Waals surface area (Å²) in [6.45, 7) is 3.07. The van der Waals surface area contributed by atoms with Gasteiger partial charge in [-0.3, -0.25) is 0 Å². The molecule has 1 aliphatic rings. The smallest absolute Gasteiger partial charge is 0.181 e. The van der Waals surface area contributed by atoms with E-state index >= 15 is 0 Å². The number of rotatable bonds is 4. The molecule has 1 aromatic rings. The van der Waals surface area contributed by atoms with Crippen LogP contribution in [0.5, 0.6) is 0 Å². The summed E-state index contributed by atoms with van der Waals surface area (Å²) in [4.78, 5) is 4.31. The van der Waals surface area contributed by atoms with E-state index in [9.17, 15) is 0 Å². The van der Waals surface area contributed by atoms with Crippen molar-refractivity contribution in [1.82, 2.24) is 10.3 Å². The molecule has 0 unspecified atom stereocenters. The minimum absolute atomic E-state index is 0.280. The van der Waals surface area contributed by atoms with Gasteiger partial charge in [0.2, 0.25) is 0 Å². The van der Waals surface area contributed by atoms with E-state index in [0.717, 1.165) is 18.0 Å². The molecule has 1 aromatic heterocycles. The molecule has 84 valence electrons. The first-order chi connectivity index (χ1) is 7.32. The van der Waals surface area contributed by atoms with E-state index in [2.05, 4.69) is 17.2 Å². The van der Waals surface area contributed by atoms with Gasteiger partial charge in [-0.2, -0.15) is 0 Å². The molecule has 1 aliphatic carbocycles. The third kappa shape index (κ3) is 1.81. The maximum absolute atomic E-state index is 5.64. The molecule has 2 rings (SSSR count). The summed E-state index contributed by atoms with van der Waals surface area (Å²) < 4.78 is 5.64. The molecule has 1 saturated carbocycles. The van der Waals surface area contributed by atoms with Gasteiger partial charge in [0, 0.05) is 12.0 Å². The predicted octanol–water partition coefficient (Wildman–Crippen LogP) is 2.62. The molecular weight excluding hydrogens is 188 g/mol. The van der Waals surface area contributed by atoms with E-state index in [4.69, 9.17) is 4.42 Å². The van der Waals surface area contributed by atoms with Gasteiger partial charge in [0.15, 0.2) is 6.39 Å². The fourth-order valence-electron chi connectivity index (χ4n) is 2.79. The minimum Gasteiger partial charge on any atom is -0.448 e. The Kier molecular flexibility index (Phi) is 3.10. The fraction of sp³-hybridized carbons (Fsp3) is 0.750. The van der Waals surface area contributed by atoms with Crippen LogP contribution >= 0.6 is 0 Å². The number of aromatic nitrogens is 1. The second-order valence-electron chi connectivity index (χ2n) is 4.50. The van der Waals surface area contributed by atoms with Crippen molar-refractivity contribution < 1.29 is 4.42 Å². The second-order valence-corrected chi connectivity index (χ2v) is 4.50. The lowest BCUT2D eigenvalue weighted by Crippen LogP contribution is -2.23. The highest BCUT2D eigenvalue weighted by molar-refractivity contribution is 5.21. The van der Waals surface area contributed by atoms with E-state index < -0.39 is 0 Å². The van der Waals surface area contributed by atoms with E-state index in [-0.39, 0.29) is 5.41 Å². The molecule has 15 heavy (non-hydrogen) atoms. The van der Waals surface area contributed by atoms with Crippen molar-refractivity contribution in [2.45, 2.75) is 51.0 Å². The zero-order valence-electron chi connectivity index (χ0n) is 9.68. The van der Waals surface area contributed by atoms with Crippen LogP contribution in [0.15, 0.2) is 10.8 Å². The summed E-state index contributed by atoms with van der Waals surface area (Å²) in [6.07, 6.45) is 7.93. The molecule has 0 spiro atoms. The van der Waals surface area contributed by atoms with Crippen LogP contribution in [0.1, 0.15) is 50.5 Å². The maximum atomic E-state index is 5.64. The van der Waals surface area contributed by atoms with E-state index in [1.807, 2.05) is 7.05 Å². The Morgan fingerprint density at radius 2 is 2.20 bits per heavy atom. The minimum atomic E-state index is 0.280. The fourth-order valence-corrected chi connectivity index (χ4v) is 2.79. The van der Waals surface area contributed by atoms with Crippen LogP contribution in [0.25, 0.3) is 0 Å². The molecule has 1 fully saturated rings. The lowest BCUT2D eigenvalue weighted by molar-refractivity contribution is 0.325. The highest BCUT2D eigenvalue weighted by Crippen LogP contribution is 2.44. The average molecular weight is 208 g/mol. The molecule has 0 radical (unpaired) electrons. The number of hydrogen-bond acceptors (Lipinski definition) is 3. The van der Waals surface area contributed by atoms with Gasteiger partial charge in [0.25, 0.3) is 0 Å². The van der Waals surface area contributed by atoms with Gasteiger partial charge in [0.05, 0.1) is 5.69 Å². The third-order valence-corrected chi connectivity index (χ3v) is 3.70. The van der Waals surface area contributed by atoms with Gasteiger partial charge in [-0.1, -0.05) is 19.8 Å². The molecule has 3 nitrogen and oxygen atoms in total.